The Morgan fingerprint density at radius 3 is 2.37 bits per heavy atom. The number of phenolic OH excluding ortho intramolecular Hbond substituents is 1. The number of amides is 3. The van der Waals surface area contributed by atoms with Crippen molar-refractivity contribution in [3.8, 4) is 11.5 Å². The molecule has 1 saturated heterocycles. The fourth-order valence-electron chi connectivity index (χ4n) is 5.38. The molecular formula is C33H39ClN4O5+2. The quantitative estimate of drug-likeness (QED) is 0.135. The number of benzene rings is 3. The van der Waals surface area contributed by atoms with E-state index in [2.05, 4.69) is 12.4 Å². The first kappa shape index (κ1) is 31.7. The van der Waals surface area contributed by atoms with E-state index in [1.54, 1.807) is 50.2 Å². The standard InChI is InChI=1S/C33H37ClN4O5/c1-22(2)32(41)43-29-15-11-26(12-16-29)36-33(42)37(30(31(35)40)19-23-9-13-28(39)14-10-23)27-8-5-17-38(3,21-27)20-24-6-4-7-25(34)18-24/h4,6-7,9-16,18,22,30H,5,8,17,19-21H2,1-3H3,(H2-2,35,36,39,40,42)/p+2/b37-27+/t30-,38?/m0/s1. The minimum atomic E-state index is -0.969. The van der Waals surface area contributed by atoms with E-state index in [-0.39, 0.29) is 24.1 Å². The average molecular weight is 607 g/mol. The molecule has 4 rings (SSSR count). The average Bonchev–Trinajstić information content (AvgIpc) is 2.94. The Kier molecular flexibility index (Phi) is 10.2. The van der Waals surface area contributed by atoms with Gasteiger partial charge in [-0.05, 0) is 54.1 Å². The van der Waals surface area contributed by atoms with Crippen LogP contribution in [0.5, 0.6) is 11.5 Å². The molecule has 1 fully saturated rings. The SMILES string of the molecule is CC(C)C(=O)Oc1ccc(NC(=O)/[N+](=C2\CCC[N+](C)(Cc3cccc(Cl)c3)C2)[C@@H](Cc2ccc(O)cc2)C(N)=O)cc1. The van der Waals surface area contributed by atoms with Crippen LogP contribution < -0.4 is 15.8 Å². The summed E-state index contributed by atoms with van der Waals surface area (Å²) in [4.78, 5) is 38.9. The van der Waals surface area contributed by atoms with Crippen molar-refractivity contribution < 1.29 is 33.3 Å². The minimum absolute atomic E-state index is 0.104. The lowest BCUT2D eigenvalue weighted by Gasteiger charge is -2.38. The molecular weight excluding hydrogens is 568 g/mol. The Morgan fingerprint density at radius 2 is 1.74 bits per heavy atom. The number of quaternary nitrogens is 1. The van der Waals surface area contributed by atoms with E-state index in [1.807, 2.05) is 24.3 Å². The van der Waals surface area contributed by atoms with E-state index in [4.69, 9.17) is 22.1 Å². The lowest BCUT2D eigenvalue weighted by molar-refractivity contribution is -0.918. The lowest BCUT2D eigenvalue weighted by atomic mass is 10.0. The summed E-state index contributed by atoms with van der Waals surface area (Å²) >= 11 is 6.25. The van der Waals surface area contributed by atoms with Gasteiger partial charge < -0.3 is 20.1 Å². The summed E-state index contributed by atoms with van der Waals surface area (Å²) in [6, 6.07) is 19.3. The molecule has 1 unspecified atom stereocenters. The number of hydrogen-bond donors (Lipinski definition) is 3. The molecule has 9 nitrogen and oxygen atoms in total. The number of nitrogens with one attached hydrogen (secondary N) is 1. The van der Waals surface area contributed by atoms with E-state index < -0.39 is 18.0 Å². The van der Waals surface area contributed by atoms with Gasteiger partial charge in [-0.1, -0.05) is 49.7 Å². The number of piperidine rings is 1. The van der Waals surface area contributed by atoms with Crippen LogP contribution in [0.3, 0.4) is 0 Å². The molecule has 0 bridgehead atoms. The zero-order valence-electron chi connectivity index (χ0n) is 24.8. The fourth-order valence-corrected chi connectivity index (χ4v) is 5.59. The predicted octanol–water partition coefficient (Wildman–Crippen LogP) is 5.13. The molecule has 3 amide bonds. The number of aromatic hydroxyl groups is 1. The van der Waals surface area contributed by atoms with Crippen molar-refractivity contribution in [2.24, 2.45) is 11.7 Å². The smallest absolute Gasteiger partial charge is 0.496 e. The van der Waals surface area contributed by atoms with E-state index >= 15 is 0 Å². The number of esters is 1. The van der Waals surface area contributed by atoms with Crippen molar-refractivity contribution in [3.05, 3.63) is 88.9 Å². The molecule has 0 saturated carbocycles. The molecule has 1 aliphatic rings. The number of primary amides is 1. The van der Waals surface area contributed by atoms with Crippen LogP contribution in [0.4, 0.5) is 10.5 Å². The number of nitrogens with two attached hydrogens (primary N) is 1. The van der Waals surface area contributed by atoms with Crippen LogP contribution in [0, 0.1) is 5.92 Å². The van der Waals surface area contributed by atoms with Gasteiger partial charge in [0.25, 0.3) is 5.91 Å². The fraction of sp³-hybridized carbons (Fsp3) is 0.333. The monoisotopic (exact) mass is 606 g/mol. The molecule has 3 aromatic carbocycles. The highest BCUT2D eigenvalue weighted by molar-refractivity contribution is 6.30. The number of phenols is 1. The summed E-state index contributed by atoms with van der Waals surface area (Å²) in [7, 11) is 2.13. The summed E-state index contributed by atoms with van der Waals surface area (Å²) < 4.78 is 7.48. The second-order valence-corrected chi connectivity index (χ2v) is 12.1. The van der Waals surface area contributed by atoms with Gasteiger partial charge in [0, 0.05) is 29.8 Å². The maximum Gasteiger partial charge on any atom is 0.496 e. The van der Waals surface area contributed by atoms with Gasteiger partial charge in [-0.25, -0.2) is 5.32 Å². The number of carbonyl (C=O) groups is 3. The molecule has 0 aliphatic carbocycles. The van der Waals surface area contributed by atoms with Crippen LogP contribution in [0.2, 0.25) is 5.02 Å². The molecule has 226 valence electrons. The first-order valence-electron chi connectivity index (χ1n) is 14.3. The van der Waals surface area contributed by atoms with Crippen molar-refractivity contribution in [2.75, 3.05) is 25.5 Å². The molecule has 0 aromatic heterocycles. The molecule has 10 heteroatoms. The number of carbonyl (C=O) groups excluding carboxylic acids is 3. The van der Waals surface area contributed by atoms with E-state index in [0.29, 0.717) is 40.5 Å². The van der Waals surface area contributed by atoms with Gasteiger partial charge in [0.1, 0.15) is 36.0 Å². The number of anilines is 1. The van der Waals surface area contributed by atoms with Crippen LogP contribution in [0.15, 0.2) is 72.8 Å². The van der Waals surface area contributed by atoms with Gasteiger partial charge in [-0.15, -0.1) is 0 Å². The Morgan fingerprint density at radius 1 is 1.05 bits per heavy atom. The first-order valence-corrected chi connectivity index (χ1v) is 14.7. The predicted molar refractivity (Wildman–Crippen MR) is 166 cm³/mol. The topological polar surface area (TPSA) is 122 Å². The van der Waals surface area contributed by atoms with Crippen LogP contribution >= 0.6 is 11.6 Å². The second-order valence-electron chi connectivity index (χ2n) is 11.6. The van der Waals surface area contributed by atoms with Crippen molar-refractivity contribution in [3.63, 3.8) is 0 Å². The van der Waals surface area contributed by atoms with Gasteiger partial charge in [-0.2, -0.15) is 9.37 Å². The zero-order chi connectivity index (χ0) is 31.1. The van der Waals surface area contributed by atoms with Crippen molar-refractivity contribution in [2.45, 2.75) is 45.7 Å². The van der Waals surface area contributed by atoms with Crippen LogP contribution in [-0.4, -0.2) is 64.0 Å². The highest BCUT2D eigenvalue weighted by Crippen LogP contribution is 2.23. The summed E-state index contributed by atoms with van der Waals surface area (Å²) in [5.41, 5.74) is 9.07. The van der Waals surface area contributed by atoms with Crippen LogP contribution in [-0.2, 0) is 22.6 Å². The van der Waals surface area contributed by atoms with Gasteiger partial charge in [0.2, 0.25) is 0 Å². The molecule has 2 atom stereocenters. The van der Waals surface area contributed by atoms with Gasteiger partial charge >= 0.3 is 12.0 Å². The van der Waals surface area contributed by atoms with E-state index in [1.165, 1.54) is 16.7 Å². The highest BCUT2D eigenvalue weighted by Gasteiger charge is 2.39. The van der Waals surface area contributed by atoms with Crippen molar-refractivity contribution in [1.82, 2.24) is 0 Å². The number of urea groups is 1. The summed E-state index contributed by atoms with van der Waals surface area (Å²) in [5, 5.41) is 13.3. The normalized spacial score (nSPS) is 18.5. The molecule has 0 radical (unpaired) electrons. The zero-order valence-corrected chi connectivity index (χ0v) is 25.5. The Balaban J connectivity index is 1.67. The second kappa shape index (κ2) is 13.8. The number of ether oxygens (including phenoxy) is 1. The lowest BCUT2D eigenvalue weighted by Crippen LogP contribution is -2.56. The Hall–Kier alpha value is -4.21. The number of nitrogens with zero attached hydrogens (tertiary/aromatic N) is 2. The van der Waals surface area contributed by atoms with Crippen molar-refractivity contribution in [1.29, 1.82) is 0 Å². The van der Waals surface area contributed by atoms with Crippen LogP contribution in [0.1, 0.15) is 37.8 Å². The van der Waals surface area contributed by atoms with Gasteiger partial charge in [0.15, 0.2) is 6.04 Å². The third-order valence-electron chi connectivity index (χ3n) is 7.54. The van der Waals surface area contributed by atoms with Crippen molar-refractivity contribution >= 4 is 40.9 Å². The molecule has 3 aromatic rings. The summed E-state index contributed by atoms with van der Waals surface area (Å²) in [6.45, 7) is 5.63. The van der Waals surface area contributed by atoms with Gasteiger partial charge in [-0.3, -0.25) is 9.59 Å². The first-order chi connectivity index (χ1) is 20.4. The van der Waals surface area contributed by atoms with E-state index in [9.17, 15) is 19.5 Å². The molecule has 0 spiro atoms. The minimum Gasteiger partial charge on any atom is -0.508 e. The summed E-state index contributed by atoms with van der Waals surface area (Å²) in [5.74, 6) is -0.794. The molecule has 1 aliphatic heterocycles. The Labute approximate surface area is 257 Å². The molecule has 4 N–H and O–H groups in total. The maximum atomic E-state index is 14.0. The number of likely N-dealkylation sites (tertiary alicyclic amines) is 1. The number of halogens is 1. The third kappa shape index (κ3) is 8.65. The maximum absolute atomic E-state index is 14.0. The molecule has 1 heterocycles. The Bertz CT molecular complexity index is 1500. The van der Waals surface area contributed by atoms with Gasteiger partial charge in [0.05, 0.1) is 19.5 Å². The van der Waals surface area contributed by atoms with Crippen LogP contribution in [0.25, 0.3) is 0 Å². The number of rotatable bonds is 9. The third-order valence-corrected chi connectivity index (χ3v) is 7.78. The number of hydrogen-bond acceptors (Lipinski definition) is 5. The van der Waals surface area contributed by atoms with E-state index in [0.717, 1.165) is 29.8 Å². The summed E-state index contributed by atoms with van der Waals surface area (Å²) in [6.07, 6.45) is 1.62. The highest BCUT2D eigenvalue weighted by atomic mass is 35.5. The largest absolute Gasteiger partial charge is 0.508 e. The molecule has 43 heavy (non-hydrogen) atoms.